The molecule has 2 rings (SSSR count). The predicted molar refractivity (Wildman–Crippen MR) is 91.2 cm³/mol. The summed E-state index contributed by atoms with van der Waals surface area (Å²) in [5, 5.41) is 7.97. The first-order valence-corrected chi connectivity index (χ1v) is 9.72. The van der Waals surface area contributed by atoms with Gasteiger partial charge < -0.3 is 4.57 Å². The molecule has 0 spiro atoms. The minimum atomic E-state index is -5.49. The molecular weight excluding hydrogens is 529 g/mol. The molecule has 1 aromatic carbocycles. The van der Waals surface area contributed by atoms with E-state index < -0.39 is 46.8 Å². The third-order valence-corrected chi connectivity index (χ3v) is 6.66. The lowest BCUT2D eigenvalue weighted by Crippen LogP contribution is -2.22. The molecule has 0 N–H and O–H groups in total. The Morgan fingerprint density at radius 1 is 1.11 bits per heavy atom. The summed E-state index contributed by atoms with van der Waals surface area (Å²) in [5.41, 5.74) is -2.32. The Morgan fingerprint density at radius 3 is 1.96 bits per heavy atom. The number of hydrogen-bond donors (Lipinski definition) is 0. The molecule has 0 aliphatic heterocycles. The van der Waals surface area contributed by atoms with Crippen LogP contribution in [-0.4, -0.2) is 17.7 Å². The maximum Gasteiger partial charge on any atom is 0.427 e. The second kappa shape index (κ2) is 7.08. The first-order valence-electron chi connectivity index (χ1n) is 6.31. The summed E-state index contributed by atoms with van der Waals surface area (Å²) in [4.78, 5) is -1.16. The maximum absolute atomic E-state index is 13.3. The largest absolute Gasteiger partial charge is 0.427 e. The minimum Gasteiger partial charge on any atom is -0.306 e. The van der Waals surface area contributed by atoms with E-state index in [2.05, 4.69) is 27.5 Å². The Balaban J connectivity index is 2.83. The molecule has 0 fully saturated rings. The number of alkyl halides is 6. The second-order valence-corrected chi connectivity index (χ2v) is 9.10. The molecule has 146 valence electrons. The van der Waals surface area contributed by atoms with Crippen molar-refractivity contribution >= 4 is 60.6 Å². The molecule has 0 aliphatic rings. The van der Waals surface area contributed by atoms with Crippen molar-refractivity contribution in [2.45, 2.75) is 15.8 Å². The highest BCUT2D eigenvalue weighted by molar-refractivity contribution is 9.10. The van der Waals surface area contributed by atoms with Crippen LogP contribution in [0.1, 0.15) is 11.1 Å². The van der Waals surface area contributed by atoms with Gasteiger partial charge in [-0.15, -0.1) is 0 Å². The quantitative estimate of drug-likeness (QED) is 0.360. The summed E-state index contributed by atoms with van der Waals surface area (Å²) >= 11 is 19.1. The van der Waals surface area contributed by atoms with E-state index in [-0.39, 0.29) is 10.3 Å². The van der Waals surface area contributed by atoms with E-state index >= 15 is 0 Å². The molecule has 27 heavy (non-hydrogen) atoms. The van der Waals surface area contributed by atoms with Crippen LogP contribution in [0.4, 0.5) is 22.0 Å². The van der Waals surface area contributed by atoms with Crippen molar-refractivity contribution in [2.75, 3.05) is 0 Å². The first-order chi connectivity index (χ1) is 12.1. The Hall–Kier alpha value is -1.06. The summed E-state index contributed by atoms with van der Waals surface area (Å²) in [6, 6.07) is 2.41. The Labute approximate surface area is 172 Å². The number of nitriles is 1. The number of halogens is 9. The Bertz CT molecular complexity index is 1050. The van der Waals surface area contributed by atoms with Gasteiger partial charge in [0.1, 0.15) is 21.1 Å². The SMILES string of the molecule is N#Cc1c(S(=O)(=O)C(F)(F)Cl)cn(-c2c(Cl)cc(C(F)(F)F)cc2Cl)c1Br. The molecule has 1 aromatic heterocycles. The highest BCUT2D eigenvalue weighted by Gasteiger charge is 2.47. The van der Waals surface area contributed by atoms with Crippen LogP contribution in [0.25, 0.3) is 5.69 Å². The van der Waals surface area contributed by atoms with E-state index in [1.165, 1.54) is 6.07 Å². The van der Waals surface area contributed by atoms with E-state index in [1.54, 1.807) is 0 Å². The van der Waals surface area contributed by atoms with Crippen LogP contribution in [0.5, 0.6) is 0 Å². The van der Waals surface area contributed by atoms with E-state index in [0.717, 1.165) is 4.57 Å². The Morgan fingerprint density at radius 2 is 1.59 bits per heavy atom. The average molecular weight is 532 g/mol. The third-order valence-electron chi connectivity index (χ3n) is 3.20. The van der Waals surface area contributed by atoms with Gasteiger partial charge >= 0.3 is 10.9 Å². The fraction of sp³-hybridized carbons (Fsp3) is 0.154. The molecule has 0 radical (unpaired) electrons. The molecule has 2 aromatic rings. The number of benzene rings is 1. The summed E-state index contributed by atoms with van der Waals surface area (Å²) in [7, 11) is -5.49. The van der Waals surface area contributed by atoms with Crippen LogP contribution < -0.4 is 0 Å². The highest BCUT2D eigenvalue weighted by atomic mass is 79.9. The molecule has 4 nitrogen and oxygen atoms in total. The van der Waals surface area contributed by atoms with Gasteiger partial charge in [-0.25, -0.2) is 8.42 Å². The smallest absolute Gasteiger partial charge is 0.306 e. The number of nitrogens with zero attached hydrogens (tertiary/aromatic N) is 2. The number of hydrogen-bond acceptors (Lipinski definition) is 3. The zero-order valence-electron chi connectivity index (χ0n) is 12.3. The van der Waals surface area contributed by atoms with Crippen LogP contribution in [-0.2, 0) is 16.0 Å². The summed E-state index contributed by atoms with van der Waals surface area (Å²) in [6.07, 6.45) is -4.22. The normalized spacial score (nSPS) is 12.9. The lowest BCUT2D eigenvalue weighted by atomic mass is 10.2. The molecule has 0 aliphatic carbocycles. The Kier molecular flexibility index (Phi) is 5.83. The van der Waals surface area contributed by atoms with Crippen molar-refractivity contribution in [1.29, 1.82) is 5.26 Å². The first kappa shape index (κ1) is 22.2. The van der Waals surface area contributed by atoms with Crippen molar-refractivity contribution < 1.29 is 30.4 Å². The number of sulfone groups is 1. The zero-order chi connectivity index (χ0) is 20.9. The topological polar surface area (TPSA) is 62.9 Å². The second-order valence-electron chi connectivity index (χ2n) is 4.88. The lowest BCUT2D eigenvalue weighted by molar-refractivity contribution is -0.137. The van der Waals surface area contributed by atoms with Gasteiger partial charge in [-0.1, -0.05) is 23.2 Å². The molecule has 0 atom stereocenters. The minimum absolute atomic E-state index is 0.367. The van der Waals surface area contributed by atoms with Gasteiger partial charge in [0.25, 0.3) is 9.84 Å². The monoisotopic (exact) mass is 530 g/mol. The predicted octanol–water partition coefficient (Wildman–Crippen LogP) is 6.00. The van der Waals surface area contributed by atoms with Crippen LogP contribution in [0.3, 0.4) is 0 Å². The number of rotatable bonds is 3. The zero-order valence-corrected chi connectivity index (χ0v) is 16.9. The van der Waals surface area contributed by atoms with Crippen LogP contribution >= 0.6 is 50.7 Å². The molecule has 1 heterocycles. The van der Waals surface area contributed by atoms with Crippen molar-refractivity contribution in [3.8, 4) is 11.8 Å². The van der Waals surface area contributed by atoms with Crippen molar-refractivity contribution in [2.24, 2.45) is 0 Å². The molecule has 14 heteroatoms. The molecule has 0 unspecified atom stereocenters. The van der Waals surface area contributed by atoms with Crippen molar-refractivity contribution in [3.63, 3.8) is 0 Å². The number of aromatic nitrogens is 1. The molecular formula is C13H3BrCl3F5N2O2S. The van der Waals surface area contributed by atoms with Crippen molar-refractivity contribution in [1.82, 2.24) is 4.57 Å². The van der Waals surface area contributed by atoms with E-state index in [4.69, 9.17) is 28.5 Å². The highest BCUT2D eigenvalue weighted by Crippen LogP contribution is 2.42. The van der Waals surface area contributed by atoms with Crippen LogP contribution in [0.15, 0.2) is 27.8 Å². The van der Waals surface area contributed by atoms with Crippen LogP contribution in [0.2, 0.25) is 10.0 Å². The summed E-state index contributed by atoms with van der Waals surface area (Å²) in [6.45, 7) is 0. The molecule has 0 saturated carbocycles. The lowest BCUT2D eigenvalue weighted by Gasteiger charge is -2.14. The molecule has 0 amide bonds. The average Bonchev–Trinajstić information content (AvgIpc) is 2.82. The van der Waals surface area contributed by atoms with Gasteiger partial charge in [-0.05, 0) is 39.7 Å². The standard InChI is InChI=1S/C13H3BrCl3F5N2O2S/c14-11-6(3-23)9(27(25,26)13(17,21)22)4-24(11)10-7(15)1-5(2-8(10)16)12(18,19)20/h1-2,4H. The van der Waals surface area contributed by atoms with Gasteiger partial charge in [0, 0.05) is 6.20 Å². The fourth-order valence-corrected chi connectivity index (χ4v) is 4.55. The van der Waals surface area contributed by atoms with E-state index in [1.807, 2.05) is 0 Å². The maximum atomic E-state index is 13.3. The van der Waals surface area contributed by atoms with Gasteiger partial charge in [-0.2, -0.15) is 27.2 Å². The fourth-order valence-electron chi connectivity index (χ4n) is 2.01. The van der Waals surface area contributed by atoms with E-state index in [0.29, 0.717) is 18.3 Å². The third kappa shape index (κ3) is 3.91. The van der Waals surface area contributed by atoms with Gasteiger partial charge in [0.05, 0.1) is 21.3 Å². The van der Waals surface area contributed by atoms with Gasteiger partial charge in [0.15, 0.2) is 0 Å². The summed E-state index contributed by atoms with van der Waals surface area (Å²) in [5.74, 6) is 0. The van der Waals surface area contributed by atoms with Gasteiger partial charge in [-0.3, -0.25) is 0 Å². The van der Waals surface area contributed by atoms with Gasteiger partial charge in [0.2, 0.25) is 0 Å². The van der Waals surface area contributed by atoms with Crippen molar-refractivity contribution in [3.05, 3.63) is 44.1 Å². The van der Waals surface area contributed by atoms with Crippen LogP contribution in [0, 0.1) is 11.3 Å². The molecule has 0 saturated heterocycles. The van der Waals surface area contributed by atoms with E-state index in [9.17, 15) is 30.4 Å². The summed E-state index contributed by atoms with van der Waals surface area (Å²) < 4.78 is 84.4. The molecule has 0 bridgehead atoms.